The van der Waals surface area contributed by atoms with Crippen molar-refractivity contribution in [2.75, 3.05) is 13.1 Å². The lowest BCUT2D eigenvalue weighted by Crippen LogP contribution is -2.28. The monoisotopic (exact) mass is 246 g/mol. The Hall–Kier alpha value is -1.84. The number of rotatable bonds is 3. The van der Waals surface area contributed by atoms with Crippen molar-refractivity contribution in [1.82, 2.24) is 4.90 Å². The predicted molar refractivity (Wildman–Crippen MR) is 69.2 cm³/mol. The summed E-state index contributed by atoms with van der Waals surface area (Å²) in [4.78, 5) is 25.0. The molecule has 18 heavy (non-hydrogen) atoms. The Labute approximate surface area is 107 Å². The van der Waals surface area contributed by atoms with Gasteiger partial charge in [-0.1, -0.05) is 12.1 Å². The smallest absolute Gasteiger partial charge is 0.254 e. The van der Waals surface area contributed by atoms with Crippen molar-refractivity contribution >= 4 is 11.8 Å². The number of likely N-dealkylation sites (tertiary alicyclic amines) is 1. The Morgan fingerprint density at radius 2 is 1.94 bits per heavy atom. The van der Waals surface area contributed by atoms with Gasteiger partial charge in [-0.05, 0) is 37.0 Å². The van der Waals surface area contributed by atoms with Crippen LogP contribution in [0, 0.1) is 6.92 Å². The van der Waals surface area contributed by atoms with E-state index in [-0.39, 0.29) is 18.2 Å². The number of hydrogen-bond donors (Lipinski definition) is 1. The summed E-state index contributed by atoms with van der Waals surface area (Å²) in [6.07, 6.45) is 2.40. The third-order valence-electron chi connectivity index (χ3n) is 3.29. The van der Waals surface area contributed by atoms with Crippen LogP contribution in [0.15, 0.2) is 18.2 Å². The van der Waals surface area contributed by atoms with Crippen LogP contribution in [0.2, 0.25) is 0 Å². The number of benzene rings is 1. The van der Waals surface area contributed by atoms with Gasteiger partial charge in [0.05, 0.1) is 6.42 Å². The van der Waals surface area contributed by atoms with E-state index in [1.165, 1.54) is 0 Å². The second kappa shape index (κ2) is 5.21. The minimum Gasteiger partial charge on any atom is -0.369 e. The highest BCUT2D eigenvalue weighted by Gasteiger charge is 2.20. The fourth-order valence-electron chi connectivity index (χ4n) is 2.37. The fourth-order valence-corrected chi connectivity index (χ4v) is 2.37. The van der Waals surface area contributed by atoms with Crippen LogP contribution in [0.1, 0.15) is 34.3 Å². The van der Waals surface area contributed by atoms with Crippen LogP contribution in [0.5, 0.6) is 0 Å². The van der Waals surface area contributed by atoms with Gasteiger partial charge < -0.3 is 10.6 Å². The van der Waals surface area contributed by atoms with Gasteiger partial charge in [-0.15, -0.1) is 0 Å². The number of nitrogens with two attached hydrogens (primary N) is 1. The van der Waals surface area contributed by atoms with Gasteiger partial charge in [-0.2, -0.15) is 0 Å². The van der Waals surface area contributed by atoms with Crippen molar-refractivity contribution in [1.29, 1.82) is 0 Å². The molecule has 1 saturated heterocycles. The molecule has 0 aliphatic carbocycles. The summed E-state index contributed by atoms with van der Waals surface area (Å²) in [6.45, 7) is 3.59. The lowest BCUT2D eigenvalue weighted by atomic mass is 10.0. The Morgan fingerprint density at radius 1 is 1.28 bits per heavy atom. The summed E-state index contributed by atoms with van der Waals surface area (Å²) in [5, 5.41) is 0. The van der Waals surface area contributed by atoms with Crippen molar-refractivity contribution in [3.05, 3.63) is 34.9 Å². The highest BCUT2D eigenvalue weighted by atomic mass is 16.2. The molecule has 0 radical (unpaired) electrons. The van der Waals surface area contributed by atoms with E-state index in [9.17, 15) is 9.59 Å². The molecule has 0 atom stereocenters. The van der Waals surface area contributed by atoms with Crippen LogP contribution in [-0.2, 0) is 11.2 Å². The molecule has 4 heteroatoms. The fraction of sp³-hybridized carbons (Fsp3) is 0.429. The van der Waals surface area contributed by atoms with Crippen LogP contribution in [0.25, 0.3) is 0 Å². The minimum atomic E-state index is -0.354. The second-order valence-electron chi connectivity index (χ2n) is 4.79. The topological polar surface area (TPSA) is 63.4 Å². The van der Waals surface area contributed by atoms with E-state index in [2.05, 4.69) is 0 Å². The highest BCUT2D eigenvalue weighted by molar-refractivity contribution is 5.96. The van der Waals surface area contributed by atoms with Crippen molar-refractivity contribution in [3.8, 4) is 0 Å². The van der Waals surface area contributed by atoms with Crippen LogP contribution in [-0.4, -0.2) is 29.8 Å². The molecule has 2 N–H and O–H groups in total. The van der Waals surface area contributed by atoms with E-state index in [4.69, 9.17) is 5.73 Å². The van der Waals surface area contributed by atoms with Gasteiger partial charge >= 0.3 is 0 Å². The molecule has 1 aromatic carbocycles. The number of hydrogen-bond acceptors (Lipinski definition) is 2. The van der Waals surface area contributed by atoms with Crippen LogP contribution < -0.4 is 5.73 Å². The zero-order chi connectivity index (χ0) is 13.1. The average Bonchev–Trinajstić information content (AvgIpc) is 2.80. The number of carbonyl (C=O) groups is 2. The van der Waals surface area contributed by atoms with Crippen LogP contribution in [0.3, 0.4) is 0 Å². The van der Waals surface area contributed by atoms with Gasteiger partial charge in [0.25, 0.3) is 5.91 Å². The molecule has 2 amide bonds. The Kier molecular flexibility index (Phi) is 3.65. The van der Waals surface area contributed by atoms with Gasteiger partial charge in [0.15, 0.2) is 0 Å². The minimum absolute atomic E-state index is 0.0932. The summed E-state index contributed by atoms with van der Waals surface area (Å²) in [5.41, 5.74) is 7.65. The molecule has 0 spiro atoms. The van der Waals surface area contributed by atoms with Gasteiger partial charge in [-0.25, -0.2) is 0 Å². The van der Waals surface area contributed by atoms with Crippen LogP contribution in [0.4, 0.5) is 0 Å². The van der Waals surface area contributed by atoms with Crippen LogP contribution >= 0.6 is 0 Å². The van der Waals surface area contributed by atoms with Crippen molar-refractivity contribution in [2.24, 2.45) is 5.73 Å². The number of carbonyl (C=O) groups excluding carboxylic acids is 2. The van der Waals surface area contributed by atoms with Crippen molar-refractivity contribution in [2.45, 2.75) is 26.2 Å². The van der Waals surface area contributed by atoms with E-state index < -0.39 is 0 Å². The van der Waals surface area contributed by atoms with Gasteiger partial charge in [0.2, 0.25) is 5.91 Å². The molecule has 2 rings (SSSR count). The Balaban J connectivity index is 2.18. The van der Waals surface area contributed by atoms with Gasteiger partial charge in [-0.3, -0.25) is 9.59 Å². The summed E-state index contributed by atoms with van der Waals surface area (Å²) in [6, 6.07) is 5.48. The number of primary amides is 1. The standard InChI is InChI=1S/C14H18N2O2/c1-10-8-11(9-13(15)17)4-5-12(10)14(18)16-6-2-3-7-16/h4-5,8H,2-3,6-7,9H2,1H3,(H2,15,17). The third kappa shape index (κ3) is 2.70. The van der Waals surface area contributed by atoms with E-state index in [0.29, 0.717) is 0 Å². The molecule has 0 bridgehead atoms. The predicted octanol–water partition coefficient (Wildman–Crippen LogP) is 1.26. The van der Waals surface area contributed by atoms with Crippen molar-refractivity contribution < 1.29 is 9.59 Å². The molecule has 1 fully saturated rings. The zero-order valence-corrected chi connectivity index (χ0v) is 10.6. The van der Waals surface area contributed by atoms with E-state index in [0.717, 1.165) is 42.6 Å². The zero-order valence-electron chi connectivity index (χ0n) is 10.6. The first-order valence-corrected chi connectivity index (χ1v) is 6.25. The third-order valence-corrected chi connectivity index (χ3v) is 3.29. The normalized spacial score (nSPS) is 14.8. The maximum Gasteiger partial charge on any atom is 0.254 e. The SMILES string of the molecule is Cc1cc(CC(N)=O)ccc1C(=O)N1CCCC1. The first-order chi connectivity index (χ1) is 8.58. The molecular formula is C14H18N2O2. The number of aryl methyl sites for hydroxylation is 1. The highest BCUT2D eigenvalue weighted by Crippen LogP contribution is 2.17. The maximum absolute atomic E-state index is 12.2. The summed E-state index contributed by atoms with van der Waals surface area (Å²) >= 11 is 0. The lowest BCUT2D eigenvalue weighted by Gasteiger charge is -2.17. The summed E-state index contributed by atoms with van der Waals surface area (Å²) < 4.78 is 0. The lowest BCUT2D eigenvalue weighted by molar-refractivity contribution is -0.117. The number of nitrogens with zero attached hydrogens (tertiary/aromatic N) is 1. The first kappa shape index (κ1) is 12.6. The quantitative estimate of drug-likeness (QED) is 0.872. The molecule has 0 unspecified atom stereocenters. The van der Waals surface area contributed by atoms with E-state index >= 15 is 0 Å². The van der Waals surface area contributed by atoms with Gasteiger partial charge in [0.1, 0.15) is 0 Å². The largest absolute Gasteiger partial charge is 0.369 e. The second-order valence-corrected chi connectivity index (χ2v) is 4.79. The molecule has 4 nitrogen and oxygen atoms in total. The van der Waals surface area contributed by atoms with Gasteiger partial charge in [0, 0.05) is 18.7 Å². The number of amides is 2. The molecular weight excluding hydrogens is 228 g/mol. The molecule has 1 aliphatic rings. The molecule has 1 aliphatic heterocycles. The Morgan fingerprint density at radius 3 is 2.50 bits per heavy atom. The molecule has 1 heterocycles. The first-order valence-electron chi connectivity index (χ1n) is 6.25. The van der Waals surface area contributed by atoms with E-state index in [1.54, 1.807) is 12.1 Å². The summed E-state index contributed by atoms with van der Waals surface area (Å²) in [5.74, 6) is -0.261. The van der Waals surface area contributed by atoms with E-state index in [1.807, 2.05) is 17.9 Å². The molecule has 0 aromatic heterocycles. The molecule has 96 valence electrons. The Bertz CT molecular complexity index is 477. The molecule has 0 saturated carbocycles. The summed E-state index contributed by atoms with van der Waals surface area (Å²) in [7, 11) is 0. The maximum atomic E-state index is 12.2. The molecule has 1 aromatic rings. The van der Waals surface area contributed by atoms with Crippen molar-refractivity contribution in [3.63, 3.8) is 0 Å². The average molecular weight is 246 g/mol.